The van der Waals surface area contributed by atoms with E-state index in [2.05, 4.69) is 5.32 Å². The minimum absolute atomic E-state index is 0.0493. The van der Waals surface area contributed by atoms with Gasteiger partial charge in [-0.25, -0.2) is 4.79 Å². The minimum atomic E-state index is -0.194. The number of hydrogen-bond donors (Lipinski definition) is 1. The lowest BCUT2D eigenvalue weighted by Crippen LogP contribution is -2.40. The summed E-state index contributed by atoms with van der Waals surface area (Å²) >= 11 is 0. The summed E-state index contributed by atoms with van der Waals surface area (Å²) in [5.74, 6) is 0.996. The Labute approximate surface area is 160 Å². The van der Waals surface area contributed by atoms with E-state index in [0.29, 0.717) is 43.4 Å². The Bertz CT molecular complexity index is 650. The second kappa shape index (κ2) is 10.0. The molecular weight excluding hydrogens is 350 g/mol. The molecule has 0 bridgehead atoms. The molecule has 1 aromatic rings. The Kier molecular flexibility index (Phi) is 7.72. The largest absolute Gasteiger partial charge is 0.493 e. The van der Waals surface area contributed by atoms with Crippen molar-refractivity contribution in [2.75, 3.05) is 51.9 Å². The van der Waals surface area contributed by atoms with Crippen LogP contribution in [0.1, 0.15) is 20.3 Å². The Morgan fingerprint density at radius 3 is 2.59 bits per heavy atom. The van der Waals surface area contributed by atoms with Gasteiger partial charge < -0.3 is 24.4 Å². The fourth-order valence-electron chi connectivity index (χ4n) is 2.81. The zero-order valence-corrected chi connectivity index (χ0v) is 16.5. The van der Waals surface area contributed by atoms with Gasteiger partial charge in [-0.05, 0) is 32.4 Å². The fraction of sp³-hybridized carbons (Fsp3) is 0.579. The van der Waals surface area contributed by atoms with Gasteiger partial charge in [0.05, 0.1) is 20.3 Å². The number of carbonyl (C=O) groups excluding carboxylic acids is 2. The molecular formula is C19H29N3O5. The highest BCUT2D eigenvalue weighted by atomic mass is 16.5. The molecule has 0 unspecified atom stereocenters. The average molecular weight is 379 g/mol. The molecule has 0 spiro atoms. The van der Waals surface area contributed by atoms with Crippen molar-refractivity contribution in [3.05, 3.63) is 18.2 Å². The van der Waals surface area contributed by atoms with Crippen LogP contribution in [0.4, 0.5) is 10.5 Å². The Morgan fingerprint density at radius 1 is 1.19 bits per heavy atom. The second-order valence-electron chi connectivity index (χ2n) is 6.52. The van der Waals surface area contributed by atoms with Gasteiger partial charge in [0.25, 0.3) is 0 Å². The van der Waals surface area contributed by atoms with Crippen molar-refractivity contribution in [1.29, 1.82) is 0 Å². The number of ether oxygens (including phenoxy) is 3. The van der Waals surface area contributed by atoms with Crippen molar-refractivity contribution in [1.82, 2.24) is 10.2 Å². The normalized spacial score (nSPS) is 14.0. The standard InChI is InChI=1S/C19H29N3O5/c1-14(2)27-11-5-8-20-18(23)13-21-9-10-22(19(21)24)15-6-7-16(25-3)17(12-15)26-4/h6-7,12,14H,5,8-11,13H2,1-4H3,(H,20,23). The van der Waals surface area contributed by atoms with E-state index >= 15 is 0 Å². The van der Waals surface area contributed by atoms with Gasteiger partial charge in [-0.15, -0.1) is 0 Å². The molecule has 1 aliphatic heterocycles. The number of nitrogens with one attached hydrogen (secondary N) is 1. The van der Waals surface area contributed by atoms with E-state index in [0.717, 1.165) is 6.42 Å². The van der Waals surface area contributed by atoms with Crippen LogP contribution in [-0.4, -0.2) is 69.9 Å². The number of carbonyl (C=O) groups is 2. The van der Waals surface area contributed by atoms with Crippen molar-refractivity contribution in [3.63, 3.8) is 0 Å². The summed E-state index contributed by atoms with van der Waals surface area (Å²) in [7, 11) is 3.12. The highest BCUT2D eigenvalue weighted by Crippen LogP contribution is 2.32. The zero-order valence-electron chi connectivity index (χ0n) is 16.5. The monoisotopic (exact) mass is 379 g/mol. The molecule has 1 aliphatic rings. The zero-order chi connectivity index (χ0) is 19.8. The number of rotatable bonds is 10. The molecule has 0 radical (unpaired) electrons. The third kappa shape index (κ3) is 5.75. The number of anilines is 1. The quantitative estimate of drug-likeness (QED) is 0.628. The number of nitrogens with zero attached hydrogens (tertiary/aromatic N) is 2. The van der Waals surface area contributed by atoms with Crippen LogP contribution in [0.2, 0.25) is 0 Å². The van der Waals surface area contributed by atoms with E-state index in [9.17, 15) is 9.59 Å². The lowest BCUT2D eigenvalue weighted by molar-refractivity contribution is -0.121. The van der Waals surface area contributed by atoms with Crippen LogP contribution in [0.15, 0.2) is 18.2 Å². The molecule has 1 aromatic carbocycles. The molecule has 27 heavy (non-hydrogen) atoms. The lowest BCUT2D eigenvalue weighted by Gasteiger charge is -2.19. The molecule has 8 heteroatoms. The maximum absolute atomic E-state index is 12.6. The molecule has 0 aromatic heterocycles. The van der Waals surface area contributed by atoms with E-state index in [1.807, 2.05) is 13.8 Å². The van der Waals surface area contributed by atoms with Crippen molar-refractivity contribution in [2.24, 2.45) is 0 Å². The van der Waals surface area contributed by atoms with E-state index in [-0.39, 0.29) is 24.6 Å². The summed E-state index contributed by atoms with van der Waals surface area (Å²) in [6, 6.07) is 5.13. The summed E-state index contributed by atoms with van der Waals surface area (Å²) in [4.78, 5) is 27.9. The molecule has 1 N–H and O–H groups in total. The molecule has 0 atom stereocenters. The fourth-order valence-corrected chi connectivity index (χ4v) is 2.81. The summed E-state index contributed by atoms with van der Waals surface area (Å²) in [5.41, 5.74) is 0.714. The number of amides is 3. The van der Waals surface area contributed by atoms with Crippen molar-refractivity contribution < 1.29 is 23.8 Å². The number of hydrogen-bond acceptors (Lipinski definition) is 5. The second-order valence-corrected chi connectivity index (χ2v) is 6.52. The lowest BCUT2D eigenvalue weighted by atomic mass is 10.2. The van der Waals surface area contributed by atoms with Gasteiger partial charge in [0.15, 0.2) is 11.5 Å². The van der Waals surface area contributed by atoms with Gasteiger partial charge in [0.2, 0.25) is 5.91 Å². The molecule has 150 valence electrons. The third-order valence-electron chi connectivity index (χ3n) is 4.20. The molecule has 8 nitrogen and oxygen atoms in total. The van der Waals surface area contributed by atoms with Gasteiger partial charge >= 0.3 is 6.03 Å². The smallest absolute Gasteiger partial charge is 0.325 e. The summed E-state index contributed by atoms with van der Waals surface area (Å²) in [5, 5.41) is 2.82. The minimum Gasteiger partial charge on any atom is -0.493 e. The first-order chi connectivity index (χ1) is 13.0. The van der Waals surface area contributed by atoms with Gasteiger partial charge in [-0.3, -0.25) is 9.69 Å². The number of methoxy groups -OCH3 is 2. The predicted octanol–water partition coefficient (Wildman–Crippen LogP) is 1.88. The van der Waals surface area contributed by atoms with Crippen molar-refractivity contribution >= 4 is 17.6 Å². The Hall–Kier alpha value is -2.48. The average Bonchev–Trinajstić information content (AvgIpc) is 3.01. The van der Waals surface area contributed by atoms with E-state index in [4.69, 9.17) is 14.2 Å². The van der Waals surface area contributed by atoms with Crippen LogP contribution in [0.25, 0.3) is 0 Å². The van der Waals surface area contributed by atoms with Gasteiger partial charge in [0.1, 0.15) is 6.54 Å². The molecule has 1 saturated heterocycles. The van der Waals surface area contributed by atoms with Gasteiger partial charge in [0, 0.05) is 38.0 Å². The highest BCUT2D eigenvalue weighted by Gasteiger charge is 2.31. The maximum Gasteiger partial charge on any atom is 0.325 e. The molecule has 2 rings (SSSR count). The topological polar surface area (TPSA) is 80.3 Å². The summed E-state index contributed by atoms with van der Waals surface area (Å²) < 4.78 is 15.9. The third-order valence-corrected chi connectivity index (χ3v) is 4.20. The summed E-state index contributed by atoms with van der Waals surface area (Å²) in [6.45, 7) is 6.15. The van der Waals surface area contributed by atoms with Crippen LogP contribution in [0.3, 0.4) is 0 Å². The predicted molar refractivity (Wildman–Crippen MR) is 103 cm³/mol. The molecule has 0 saturated carbocycles. The van der Waals surface area contributed by atoms with Crippen LogP contribution < -0.4 is 19.7 Å². The van der Waals surface area contributed by atoms with Gasteiger partial charge in [-0.1, -0.05) is 0 Å². The van der Waals surface area contributed by atoms with Crippen LogP contribution in [-0.2, 0) is 9.53 Å². The van der Waals surface area contributed by atoms with Crippen LogP contribution >= 0.6 is 0 Å². The molecule has 3 amide bonds. The molecule has 1 fully saturated rings. The Balaban J connectivity index is 1.85. The number of benzene rings is 1. The van der Waals surface area contributed by atoms with Gasteiger partial charge in [-0.2, -0.15) is 0 Å². The first kappa shape index (κ1) is 20.8. The SMILES string of the molecule is COc1ccc(N2CCN(CC(=O)NCCCOC(C)C)C2=O)cc1OC. The van der Waals surface area contributed by atoms with Crippen molar-refractivity contribution in [2.45, 2.75) is 26.4 Å². The first-order valence-corrected chi connectivity index (χ1v) is 9.13. The Morgan fingerprint density at radius 2 is 1.93 bits per heavy atom. The number of urea groups is 1. The van der Waals surface area contributed by atoms with Crippen LogP contribution in [0, 0.1) is 0 Å². The molecule has 0 aliphatic carbocycles. The first-order valence-electron chi connectivity index (χ1n) is 9.13. The molecule has 1 heterocycles. The van der Waals surface area contributed by atoms with E-state index in [1.165, 1.54) is 4.90 Å². The summed E-state index contributed by atoms with van der Waals surface area (Å²) in [6.07, 6.45) is 0.931. The highest BCUT2D eigenvalue weighted by molar-refractivity contribution is 5.96. The van der Waals surface area contributed by atoms with Crippen LogP contribution in [0.5, 0.6) is 11.5 Å². The van der Waals surface area contributed by atoms with E-state index in [1.54, 1.807) is 37.3 Å². The maximum atomic E-state index is 12.6. The van der Waals surface area contributed by atoms with E-state index < -0.39 is 0 Å². The van der Waals surface area contributed by atoms with Crippen molar-refractivity contribution in [3.8, 4) is 11.5 Å².